The molecule has 0 aromatic carbocycles. The van der Waals surface area contributed by atoms with Crippen LogP contribution in [0.25, 0.3) is 0 Å². The minimum atomic E-state index is -2.79. The molecular formula is C10H13F2NO2. The zero-order chi connectivity index (χ0) is 11.1. The summed E-state index contributed by atoms with van der Waals surface area (Å²) in [6.45, 7) is 3.47. The van der Waals surface area contributed by atoms with Crippen LogP contribution in [0.1, 0.15) is 12.8 Å². The van der Waals surface area contributed by atoms with Gasteiger partial charge < -0.3 is 10.1 Å². The van der Waals surface area contributed by atoms with Gasteiger partial charge in [-0.25, -0.2) is 8.78 Å². The van der Waals surface area contributed by atoms with Gasteiger partial charge in [-0.1, -0.05) is 6.58 Å². The number of hydrogen-bond acceptors (Lipinski definition) is 2. The Morgan fingerprint density at radius 1 is 1.67 bits per heavy atom. The van der Waals surface area contributed by atoms with Crippen molar-refractivity contribution in [1.82, 2.24) is 5.32 Å². The third-order valence-corrected chi connectivity index (χ3v) is 3.19. The highest BCUT2D eigenvalue weighted by molar-refractivity contribution is 5.86. The van der Waals surface area contributed by atoms with Gasteiger partial charge in [-0.2, -0.15) is 0 Å². The summed E-state index contributed by atoms with van der Waals surface area (Å²) in [5, 5.41) is 2.38. The molecule has 0 radical (unpaired) electrons. The van der Waals surface area contributed by atoms with Gasteiger partial charge in [0.1, 0.15) is 0 Å². The molecule has 2 fully saturated rings. The van der Waals surface area contributed by atoms with E-state index in [1.807, 2.05) is 0 Å². The van der Waals surface area contributed by atoms with Gasteiger partial charge in [0.2, 0.25) is 5.91 Å². The molecule has 2 aliphatic rings. The molecule has 0 unspecified atom stereocenters. The zero-order valence-corrected chi connectivity index (χ0v) is 8.26. The van der Waals surface area contributed by atoms with Crippen molar-refractivity contribution in [2.75, 3.05) is 13.2 Å². The number of amides is 1. The van der Waals surface area contributed by atoms with Crippen molar-refractivity contribution in [2.24, 2.45) is 5.92 Å². The minimum Gasteiger partial charge on any atom is -0.366 e. The van der Waals surface area contributed by atoms with Gasteiger partial charge in [0.25, 0.3) is 5.92 Å². The van der Waals surface area contributed by atoms with Crippen LogP contribution < -0.4 is 5.32 Å². The molecule has 1 amide bonds. The van der Waals surface area contributed by atoms with Crippen LogP contribution in [-0.2, 0) is 9.53 Å². The normalized spacial score (nSPS) is 36.5. The Bertz CT molecular complexity index is 306. The van der Waals surface area contributed by atoms with Crippen LogP contribution in [0.15, 0.2) is 12.7 Å². The van der Waals surface area contributed by atoms with Crippen molar-refractivity contribution in [1.29, 1.82) is 0 Å². The Kier molecular flexibility index (Phi) is 2.30. The molecule has 0 bridgehead atoms. The Balaban J connectivity index is 2.01. The lowest BCUT2D eigenvalue weighted by atomic mass is 10.1. The Morgan fingerprint density at radius 3 is 3.00 bits per heavy atom. The summed E-state index contributed by atoms with van der Waals surface area (Å²) in [4.78, 5) is 10.9. The number of hydrogen-bond donors (Lipinski definition) is 1. The molecular weight excluding hydrogens is 204 g/mol. The standard InChI is InChI=1S/C10H13F2NO2/c1-2-8(14)13-6-9-7(10(9,11)12)4-3-5-15-9/h2,7H,1,3-6H2,(H,13,14)/t7-,9+/m1/s1. The van der Waals surface area contributed by atoms with Crippen molar-refractivity contribution in [2.45, 2.75) is 24.4 Å². The maximum absolute atomic E-state index is 13.4. The Labute approximate surface area is 86.5 Å². The molecule has 1 N–H and O–H groups in total. The summed E-state index contributed by atoms with van der Waals surface area (Å²) in [7, 11) is 0. The lowest BCUT2D eigenvalue weighted by Crippen LogP contribution is -2.40. The smallest absolute Gasteiger partial charge is 0.284 e. The van der Waals surface area contributed by atoms with E-state index in [2.05, 4.69) is 11.9 Å². The van der Waals surface area contributed by atoms with E-state index in [0.29, 0.717) is 19.4 Å². The molecule has 0 aromatic rings. The first-order valence-electron chi connectivity index (χ1n) is 4.96. The first kappa shape index (κ1) is 10.5. The van der Waals surface area contributed by atoms with E-state index < -0.39 is 23.3 Å². The SMILES string of the molecule is C=CC(=O)NC[C@]12OCCC[C@H]1C2(F)F. The molecule has 3 nitrogen and oxygen atoms in total. The predicted octanol–water partition coefficient (Wildman–Crippen LogP) is 1.10. The molecule has 2 atom stereocenters. The van der Waals surface area contributed by atoms with Crippen LogP contribution in [-0.4, -0.2) is 30.6 Å². The average Bonchev–Trinajstić information content (AvgIpc) is 2.74. The van der Waals surface area contributed by atoms with Crippen LogP contribution >= 0.6 is 0 Å². The molecule has 5 heteroatoms. The van der Waals surface area contributed by atoms with Gasteiger partial charge >= 0.3 is 0 Å². The number of carbonyl (C=O) groups excluding carboxylic acids is 1. The van der Waals surface area contributed by atoms with Crippen molar-refractivity contribution in [3.05, 3.63) is 12.7 Å². The van der Waals surface area contributed by atoms with E-state index in [1.54, 1.807) is 0 Å². The fraction of sp³-hybridized carbons (Fsp3) is 0.700. The van der Waals surface area contributed by atoms with Crippen LogP contribution in [0.4, 0.5) is 8.78 Å². The number of carbonyl (C=O) groups is 1. The number of ether oxygens (including phenoxy) is 1. The van der Waals surface area contributed by atoms with E-state index >= 15 is 0 Å². The van der Waals surface area contributed by atoms with Crippen molar-refractivity contribution in [3.8, 4) is 0 Å². The summed E-state index contributed by atoms with van der Waals surface area (Å²) < 4.78 is 32.0. The molecule has 1 saturated carbocycles. The van der Waals surface area contributed by atoms with E-state index in [9.17, 15) is 13.6 Å². The summed E-state index contributed by atoms with van der Waals surface area (Å²) >= 11 is 0. The van der Waals surface area contributed by atoms with E-state index in [4.69, 9.17) is 4.74 Å². The lowest BCUT2D eigenvalue weighted by Gasteiger charge is -2.21. The fourth-order valence-corrected chi connectivity index (χ4v) is 2.24. The van der Waals surface area contributed by atoms with Crippen LogP contribution in [0.2, 0.25) is 0 Å². The van der Waals surface area contributed by atoms with Gasteiger partial charge in [0, 0.05) is 6.61 Å². The first-order chi connectivity index (χ1) is 7.04. The largest absolute Gasteiger partial charge is 0.366 e. The second kappa shape index (κ2) is 3.27. The van der Waals surface area contributed by atoms with Gasteiger partial charge in [-0.05, 0) is 18.9 Å². The van der Waals surface area contributed by atoms with Crippen LogP contribution in [0.3, 0.4) is 0 Å². The fourth-order valence-electron chi connectivity index (χ4n) is 2.24. The van der Waals surface area contributed by atoms with Crippen molar-refractivity contribution >= 4 is 5.91 Å². The van der Waals surface area contributed by atoms with Gasteiger partial charge in [-0.15, -0.1) is 0 Å². The maximum Gasteiger partial charge on any atom is 0.284 e. The average molecular weight is 217 g/mol. The number of fused-ring (bicyclic) bond motifs is 1. The molecule has 1 saturated heterocycles. The predicted molar refractivity (Wildman–Crippen MR) is 49.6 cm³/mol. The monoisotopic (exact) mass is 217 g/mol. The second-order valence-corrected chi connectivity index (χ2v) is 3.98. The van der Waals surface area contributed by atoms with E-state index in [-0.39, 0.29) is 6.54 Å². The summed E-state index contributed by atoms with van der Waals surface area (Å²) in [6, 6.07) is 0. The minimum absolute atomic E-state index is 0.129. The second-order valence-electron chi connectivity index (χ2n) is 3.98. The summed E-state index contributed by atoms with van der Waals surface area (Å²) in [5.41, 5.74) is -1.44. The third-order valence-electron chi connectivity index (χ3n) is 3.19. The van der Waals surface area contributed by atoms with E-state index in [0.717, 1.165) is 6.08 Å². The molecule has 15 heavy (non-hydrogen) atoms. The van der Waals surface area contributed by atoms with Crippen LogP contribution in [0.5, 0.6) is 0 Å². The quantitative estimate of drug-likeness (QED) is 0.719. The molecule has 84 valence electrons. The Morgan fingerprint density at radius 2 is 2.40 bits per heavy atom. The molecule has 1 aliphatic carbocycles. The number of nitrogens with one attached hydrogen (secondary N) is 1. The zero-order valence-electron chi connectivity index (χ0n) is 8.26. The van der Waals surface area contributed by atoms with Gasteiger partial charge in [0.05, 0.1) is 12.5 Å². The molecule has 0 aromatic heterocycles. The molecule has 0 spiro atoms. The Hall–Kier alpha value is -0.970. The molecule has 1 aliphatic heterocycles. The first-order valence-corrected chi connectivity index (χ1v) is 4.96. The highest BCUT2D eigenvalue weighted by Gasteiger charge is 2.82. The third kappa shape index (κ3) is 1.37. The highest BCUT2D eigenvalue weighted by Crippen LogP contribution is 2.64. The van der Waals surface area contributed by atoms with Gasteiger partial charge in [0.15, 0.2) is 5.60 Å². The summed E-state index contributed by atoms with van der Waals surface area (Å²) in [6.07, 6.45) is 2.20. The van der Waals surface area contributed by atoms with Gasteiger partial charge in [-0.3, -0.25) is 4.79 Å². The highest BCUT2D eigenvalue weighted by atomic mass is 19.3. The number of halogens is 2. The van der Waals surface area contributed by atoms with E-state index in [1.165, 1.54) is 0 Å². The summed E-state index contributed by atoms with van der Waals surface area (Å²) in [5.74, 6) is -3.97. The maximum atomic E-state index is 13.4. The van der Waals surface area contributed by atoms with Crippen LogP contribution in [0, 0.1) is 5.92 Å². The number of alkyl halides is 2. The lowest BCUT2D eigenvalue weighted by molar-refractivity contribution is -0.118. The van der Waals surface area contributed by atoms with Crippen molar-refractivity contribution in [3.63, 3.8) is 0 Å². The molecule has 2 rings (SSSR count). The number of rotatable bonds is 3. The molecule has 1 heterocycles. The topological polar surface area (TPSA) is 38.3 Å². The van der Waals surface area contributed by atoms with Crippen molar-refractivity contribution < 1.29 is 18.3 Å².